The molecule has 132 valence electrons. The third kappa shape index (κ3) is 4.47. The second-order valence-electron chi connectivity index (χ2n) is 6.42. The zero-order valence-corrected chi connectivity index (χ0v) is 14.7. The zero-order chi connectivity index (χ0) is 17.6. The lowest BCUT2D eigenvalue weighted by atomic mass is 9.96. The van der Waals surface area contributed by atoms with Crippen LogP contribution in [0, 0.1) is 6.92 Å². The van der Waals surface area contributed by atoms with Gasteiger partial charge >= 0.3 is 0 Å². The van der Waals surface area contributed by atoms with Gasteiger partial charge in [0, 0.05) is 6.04 Å². The maximum absolute atomic E-state index is 12.4. The number of aryl methyl sites for hydroxylation is 1. The number of methoxy groups -OCH3 is 1. The summed E-state index contributed by atoms with van der Waals surface area (Å²) < 4.78 is 5.28. The maximum atomic E-state index is 12.4. The van der Waals surface area contributed by atoms with E-state index in [2.05, 4.69) is 20.6 Å². The third-order valence-electron chi connectivity index (χ3n) is 4.44. The van der Waals surface area contributed by atoms with Gasteiger partial charge in [0.25, 0.3) is 5.91 Å². The first-order chi connectivity index (χ1) is 12.2. The lowest BCUT2D eigenvalue weighted by molar-refractivity contribution is 0.102. The van der Waals surface area contributed by atoms with Crippen LogP contribution in [0.15, 0.2) is 30.6 Å². The van der Waals surface area contributed by atoms with Gasteiger partial charge in [-0.25, -0.2) is 9.97 Å². The summed E-state index contributed by atoms with van der Waals surface area (Å²) >= 11 is 0. The molecule has 0 bridgehead atoms. The Kier molecular flexibility index (Phi) is 5.48. The van der Waals surface area contributed by atoms with Crippen molar-refractivity contribution in [3.63, 3.8) is 0 Å². The molecule has 1 fully saturated rings. The molecule has 0 atom stereocenters. The predicted molar refractivity (Wildman–Crippen MR) is 98.2 cm³/mol. The Labute approximate surface area is 148 Å². The summed E-state index contributed by atoms with van der Waals surface area (Å²) in [6, 6.07) is 6.08. The van der Waals surface area contributed by atoms with E-state index in [1.807, 2.05) is 25.1 Å². The van der Waals surface area contributed by atoms with Crippen molar-refractivity contribution < 1.29 is 9.53 Å². The molecule has 0 unspecified atom stereocenters. The number of rotatable bonds is 5. The van der Waals surface area contributed by atoms with Gasteiger partial charge in [0.1, 0.15) is 17.3 Å². The number of hydrogen-bond donors (Lipinski definition) is 2. The van der Waals surface area contributed by atoms with Gasteiger partial charge in [-0.2, -0.15) is 0 Å². The summed E-state index contributed by atoms with van der Waals surface area (Å²) in [4.78, 5) is 21.0. The summed E-state index contributed by atoms with van der Waals surface area (Å²) in [6.07, 6.45) is 9.27. The number of ether oxygens (including phenoxy) is 1. The zero-order valence-electron chi connectivity index (χ0n) is 14.7. The number of nitrogens with one attached hydrogen (secondary N) is 2. The monoisotopic (exact) mass is 340 g/mol. The molecule has 1 aromatic carbocycles. The molecule has 1 aromatic heterocycles. The number of hydrogen-bond acceptors (Lipinski definition) is 5. The van der Waals surface area contributed by atoms with Crippen LogP contribution in [-0.4, -0.2) is 29.0 Å². The fourth-order valence-electron chi connectivity index (χ4n) is 3.08. The lowest BCUT2D eigenvalue weighted by Crippen LogP contribution is -2.23. The minimum Gasteiger partial charge on any atom is -0.495 e. The molecule has 0 aliphatic heterocycles. The van der Waals surface area contributed by atoms with E-state index in [9.17, 15) is 4.79 Å². The Bertz CT molecular complexity index is 725. The number of benzene rings is 1. The molecule has 1 saturated carbocycles. The molecular weight excluding hydrogens is 316 g/mol. The van der Waals surface area contributed by atoms with Crippen molar-refractivity contribution in [3.8, 4) is 5.75 Å². The highest BCUT2D eigenvalue weighted by atomic mass is 16.5. The van der Waals surface area contributed by atoms with E-state index >= 15 is 0 Å². The minimum atomic E-state index is -0.305. The highest BCUT2D eigenvalue weighted by Gasteiger charge is 2.15. The van der Waals surface area contributed by atoms with Crippen LogP contribution in [0.4, 0.5) is 11.5 Å². The van der Waals surface area contributed by atoms with Gasteiger partial charge in [-0.05, 0) is 37.5 Å². The number of amides is 1. The SMILES string of the molecule is COc1ccc(C)cc1NC(=O)c1cnc(NC2CCCCC2)cn1. The lowest BCUT2D eigenvalue weighted by Gasteiger charge is -2.23. The normalized spacial score (nSPS) is 14.8. The van der Waals surface area contributed by atoms with Crippen LogP contribution in [-0.2, 0) is 0 Å². The molecule has 1 amide bonds. The van der Waals surface area contributed by atoms with Gasteiger partial charge in [-0.15, -0.1) is 0 Å². The molecule has 1 aliphatic carbocycles. The molecule has 25 heavy (non-hydrogen) atoms. The summed E-state index contributed by atoms with van der Waals surface area (Å²) in [7, 11) is 1.58. The van der Waals surface area contributed by atoms with E-state index in [1.165, 1.54) is 25.5 Å². The van der Waals surface area contributed by atoms with Gasteiger partial charge < -0.3 is 15.4 Å². The van der Waals surface area contributed by atoms with E-state index in [4.69, 9.17) is 4.74 Å². The highest BCUT2D eigenvalue weighted by Crippen LogP contribution is 2.25. The molecule has 3 rings (SSSR count). The Morgan fingerprint density at radius 1 is 1.16 bits per heavy atom. The van der Waals surface area contributed by atoms with Crippen LogP contribution in [0.1, 0.15) is 48.2 Å². The van der Waals surface area contributed by atoms with Crippen LogP contribution in [0.25, 0.3) is 0 Å². The van der Waals surface area contributed by atoms with Gasteiger partial charge in [-0.1, -0.05) is 25.3 Å². The fraction of sp³-hybridized carbons (Fsp3) is 0.421. The Balaban J connectivity index is 1.65. The third-order valence-corrected chi connectivity index (χ3v) is 4.44. The summed E-state index contributed by atoms with van der Waals surface area (Å²) in [5, 5.41) is 6.23. The van der Waals surface area contributed by atoms with Crippen LogP contribution < -0.4 is 15.4 Å². The average Bonchev–Trinajstić information content (AvgIpc) is 2.63. The summed E-state index contributed by atoms with van der Waals surface area (Å²) in [6.45, 7) is 1.96. The largest absolute Gasteiger partial charge is 0.495 e. The van der Waals surface area contributed by atoms with Crippen LogP contribution >= 0.6 is 0 Å². The fourth-order valence-corrected chi connectivity index (χ4v) is 3.08. The van der Waals surface area contributed by atoms with Gasteiger partial charge in [-0.3, -0.25) is 4.79 Å². The first-order valence-electron chi connectivity index (χ1n) is 8.70. The van der Waals surface area contributed by atoms with E-state index in [0.717, 1.165) is 24.2 Å². The van der Waals surface area contributed by atoms with Crippen molar-refractivity contribution in [2.24, 2.45) is 0 Å². The van der Waals surface area contributed by atoms with E-state index < -0.39 is 0 Å². The van der Waals surface area contributed by atoms with Crippen molar-refractivity contribution in [2.45, 2.75) is 45.1 Å². The molecule has 1 heterocycles. The van der Waals surface area contributed by atoms with E-state index in [0.29, 0.717) is 17.5 Å². The van der Waals surface area contributed by atoms with Gasteiger partial charge in [0.05, 0.1) is 25.2 Å². The van der Waals surface area contributed by atoms with Crippen molar-refractivity contribution >= 4 is 17.4 Å². The van der Waals surface area contributed by atoms with Crippen LogP contribution in [0.2, 0.25) is 0 Å². The first kappa shape index (κ1) is 17.2. The molecule has 6 heteroatoms. The smallest absolute Gasteiger partial charge is 0.275 e. The quantitative estimate of drug-likeness (QED) is 0.866. The Morgan fingerprint density at radius 2 is 1.96 bits per heavy atom. The highest BCUT2D eigenvalue weighted by molar-refractivity contribution is 6.03. The molecule has 2 aromatic rings. The number of anilines is 2. The maximum Gasteiger partial charge on any atom is 0.275 e. The molecule has 1 aliphatic rings. The molecular formula is C19H24N4O2. The Hall–Kier alpha value is -2.63. The molecule has 2 N–H and O–H groups in total. The van der Waals surface area contributed by atoms with Gasteiger partial charge in [0.2, 0.25) is 0 Å². The van der Waals surface area contributed by atoms with Crippen LogP contribution in [0.5, 0.6) is 5.75 Å². The Morgan fingerprint density at radius 3 is 2.64 bits per heavy atom. The van der Waals surface area contributed by atoms with E-state index in [-0.39, 0.29) is 11.6 Å². The molecule has 0 radical (unpaired) electrons. The number of carbonyl (C=O) groups is 1. The van der Waals surface area contributed by atoms with E-state index in [1.54, 1.807) is 13.3 Å². The number of aromatic nitrogens is 2. The van der Waals surface area contributed by atoms with Crippen molar-refractivity contribution in [1.82, 2.24) is 9.97 Å². The second kappa shape index (κ2) is 7.96. The van der Waals surface area contributed by atoms with Crippen LogP contribution in [0.3, 0.4) is 0 Å². The number of carbonyl (C=O) groups excluding carboxylic acids is 1. The molecule has 0 saturated heterocycles. The molecule has 0 spiro atoms. The summed E-state index contributed by atoms with van der Waals surface area (Å²) in [5.74, 6) is 1.03. The second-order valence-corrected chi connectivity index (χ2v) is 6.42. The van der Waals surface area contributed by atoms with Gasteiger partial charge in [0.15, 0.2) is 0 Å². The van der Waals surface area contributed by atoms with Crippen molar-refractivity contribution in [1.29, 1.82) is 0 Å². The average molecular weight is 340 g/mol. The standard InChI is InChI=1S/C19H24N4O2/c1-13-8-9-17(25-2)15(10-13)23-19(24)16-11-21-18(12-20-16)22-14-6-4-3-5-7-14/h8-12,14H,3-7H2,1-2H3,(H,21,22)(H,23,24). The minimum absolute atomic E-state index is 0.276. The summed E-state index contributed by atoms with van der Waals surface area (Å²) in [5.41, 5.74) is 1.94. The topological polar surface area (TPSA) is 76.1 Å². The number of nitrogens with zero attached hydrogens (tertiary/aromatic N) is 2. The van der Waals surface area contributed by atoms with Crippen molar-refractivity contribution in [2.75, 3.05) is 17.7 Å². The predicted octanol–water partition coefficient (Wildman–Crippen LogP) is 3.79. The van der Waals surface area contributed by atoms with Crippen molar-refractivity contribution in [3.05, 3.63) is 41.9 Å². The first-order valence-corrected chi connectivity index (χ1v) is 8.70. The molecule has 6 nitrogen and oxygen atoms in total.